The fraction of sp³-hybridized carbons (Fsp3) is 0.529. The number of unbranched alkanes of at least 4 members (excludes halogenated alkanes) is 4. The van der Waals surface area contributed by atoms with Crippen molar-refractivity contribution in [3.05, 3.63) is 58.7 Å². The van der Waals surface area contributed by atoms with E-state index in [1.54, 1.807) is 5.56 Å². The van der Waals surface area contributed by atoms with Gasteiger partial charge in [-0.15, -0.1) is 0 Å². The van der Waals surface area contributed by atoms with Crippen molar-refractivity contribution in [2.45, 2.75) is 106 Å². The van der Waals surface area contributed by atoms with Crippen LogP contribution in [-0.4, -0.2) is 13.2 Å². The maximum atomic E-state index is 6.44. The largest absolute Gasteiger partial charge is 0.493 e. The molecule has 0 saturated heterocycles. The molecule has 0 saturated carbocycles. The zero-order valence-electron chi connectivity index (χ0n) is 23.8. The molecule has 3 aromatic rings. The number of hydrogen-bond donors (Lipinski definition) is 0. The highest BCUT2D eigenvalue weighted by atomic mass is 16.5. The molecule has 0 amide bonds. The fourth-order valence-corrected chi connectivity index (χ4v) is 5.00. The number of ether oxygens (including phenoxy) is 2. The molecule has 0 aliphatic heterocycles. The number of fused-ring (bicyclic) bond motifs is 1. The second-order valence-electron chi connectivity index (χ2n) is 10.3. The summed E-state index contributed by atoms with van der Waals surface area (Å²) in [5.41, 5.74) is 8.34. The van der Waals surface area contributed by atoms with Crippen LogP contribution in [0.3, 0.4) is 0 Å². The summed E-state index contributed by atoms with van der Waals surface area (Å²) in [6.45, 7) is 14.9. The minimum absolute atomic E-state index is 0.743. The van der Waals surface area contributed by atoms with Gasteiger partial charge in [0.15, 0.2) is 0 Å². The van der Waals surface area contributed by atoms with Gasteiger partial charge in [0, 0.05) is 10.8 Å². The van der Waals surface area contributed by atoms with E-state index >= 15 is 0 Å². The number of hydrogen-bond acceptors (Lipinski definition) is 2. The molecule has 196 valence electrons. The van der Waals surface area contributed by atoms with E-state index in [0.717, 1.165) is 74.0 Å². The number of rotatable bonds is 15. The van der Waals surface area contributed by atoms with Crippen LogP contribution in [0.25, 0.3) is 21.9 Å². The zero-order chi connectivity index (χ0) is 25.9. The van der Waals surface area contributed by atoms with Crippen LogP contribution in [0.4, 0.5) is 0 Å². The van der Waals surface area contributed by atoms with Gasteiger partial charge in [-0.2, -0.15) is 0 Å². The molecule has 0 aliphatic carbocycles. The molecule has 0 N–H and O–H groups in total. The van der Waals surface area contributed by atoms with Crippen molar-refractivity contribution in [3.8, 4) is 22.6 Å². The fourth-order valence-electron chi connectivity index (χ4n) is 5.00. The highest BCUT2D eigenvalue weighted by molar-refractivity contribution is 5.97. The molecule has 3 aromatic carbocycles. The standard InChI is InChI=1S/C34H48O2/c1-7-11-15-28-26(6)17-18-29(30(28)16-12-8-2)27-23-32-31(34(24-27)36-20-14-10-4)21-25(5)22-33(32)35-19-13-9-3/h17-18,21-24H,7-16,19-20H2,1-6H3. The molecule has 2 heteroatoms. The van der Waals surface area contributed by atoms with Gasteiger partial charge in [-0.25, -0.2) is 0 Å². The molecule has 3 rings (SSSR count). The molecule has 0 atom stereocenters. The minimum atomic E-state index is 0.743. The maximum Gasteiger partial charge on any atom is 0.127 e. The minimum Gasteiger partial charge on any atom is -0.493 e. The molecule has 36 heavy (non-hydrogen) atoms. The van der Waals surface area contributed by atoms with Gasteiger partial charge < -0.3 is 9.47 Å². The lowest BCUT2D eigenvalue weighted by atomic mass is 9.86. The maximum absolute atomic E-state index is 6.44. The molecule has 0 bridgehead atoms. The molecule has 0 heterocycles. The summed E-state index contributed by atoms with van der Waals surface area (Å²) in [6, 6.07) is 13.8. The van der Waals surface area contributed by atoms with Crippen molar-refractivity contribution >= 4 is 10.8 Å². The lowest BCUT2D eigenvalue weighted by molar-refractivity contribution is 0.309. The van der Waals surface area contributed by atoms with Crippen LogP contribution in [0.5, 0.6) is 11.5 Å². The topological polar surface area (TPSA) is 18.5 Å². The summed E-state index contributed by atoms with van der Waals surface area (Å²) in [5.74, 6) is 1.96. The second-order valence-corrected chi connectivity index (χ2v) is 10.3. The second kappa shape index (κ2) is 14.3. The zero-order valence-corrected chi connectivity index (χ0v) is 23.8. The summed E-state index contributed by atoms with van der Waals surface area (Å²) in [7, 11) is 0. The van der Waals surface area contributed by atoms with Crippen LogP contribution in [0, 0.1) is 13.8 Å². The van der Waals surface area contributed by atoms with Gasteiger partial charge in [-0.3, -0.25) is 0 Å². The van der Waals surface area contributed by atoms with Crippen molar-refractivity contribution in [1.29, 1.82) is 0 Å². The first-order chi connectivity index (χ1) is 17.5. The van der Waals surface area contributed by atoms with E-state index in [2.05, 4.69) is 77.9 Å². The highest BCUT2D eigenvalue weighted by Gasteiger charge is 2.17. The molecule has 2 nitrogen and oxygen atoms in total. The third-order valence-electron chi connectivity index (χ3n) is 7.19. The van der Waals surface area contributed by atoms with Crippen molar-refractivity contribution in [2.75, 3.05) is 13.2 Å². The van der Waals surface area contributed by atoms with Crippen LogP contribution in [0.1, 0.15) is 101 Å². The monoisotopic (exact) mass is 488 g/mol. The predicted octanol–water partition coefficient (Wildman–Crippen LogP) is 10.2. The molecule has 0 unspecified atom stereocenters. The van der Waals surface area contributed by atoms with Gasteiger partial charge in [-0.05, 0) is 110 Å². The number of aryl methyl sites for hydroxylation is 2. The number of benzene rings is 3. The molecular weight excluding hydrogens is 440 g/mol. The van der Waals surface area contributed by atoms with Gasteiger partial charge in [0.1, 0.15) is 11.5 Å². The van der Waals surface area contributed by atoms with E-state index in [1.165, 1.54) is 53.5 Å². The third-order valence-corrected chi connectivity index (χ3v) is 7.19. The Morgan fingerprint density at radius 3 is 1.75 bits per heavy atom. The molecule has 0 fully saturated rings. The Balaban J connectivity index is 2.22. The van der Waals surface area contributed by atoms with Crippen LogP contribution >= 0.6 is 0 Å². The van der Waals surface area contributed by atoms with Crippen molar-refractivity contribution in [2.24, 2.45) is 0 Å². The van der Waals surface area contributed by atoms with Crippen molar-refractivity contribution < 1.29 is 9.47 Å². The van der Waals surface area contributed by atoms with Gasteiger partial charge in [-0.1, -0.05) is 65.5 Å². The first-order valence-corrected chi connectivity index (χ1v) is 14.5. The van der Waals surface area contributed by atoms with Crippen LogP contribution in [-0.2, 0) is 12.8 Å². The highest BCUT2D eigenvalue weighted by Crippen LogP contribution is 2.40. The Labute approximate surface area is 220 Å². The summed E-state index contributed by atoms with van der Waals surface area (Å²) >= 11 is 0. The summed E-state index contributed by atoms with van der Waals surface area (Å²) < 4.78 is 12.8. The van der Waals surface area contributed by atoms with Crippen LogP contribution in [0.2, 0.25) is 0 Å². The van der Waals surface area contributed by atoms with E-state index in [0.29, 0.717) is 0 Å². The Kier molecular flexibility index (Phi) is 11.2. The summed E-state index contributed by atoms with van der Waals surface area (Å²) in [6.07, 6.45) is 11.6. The predicted molar refractivity (Wildman–Crippen MR) is 157 cm³/mol. The smallest absolute Gasteiger partial charge is 0.127 e. The molecule has 0 spiro atoms. The molecule has 0 radical (unpaired) electrons. The van der Waals surface area contributed by atoms with E-state index in [-0.39, 0.29) is 0 Å². The summed E-state index contributed by atoms with van der Waals surface area (Å²) in [4.78, 5) is 0. The van der Waals surface area contributed by atoms with E-state index in [1.807, 2.05) is 0 Å². The Morgan fingerprint density at radius 1 is 0.583 bits per heavy atom. The van der Waals surface area contributed by atoms with E-state index < -0.39 is 0 Å². The Bertz CT molecular complexity index is 1110. The van der Waals surface area contributed by atoms with E-state index in [9.17, 15) is 0 Å². The lowest BCUT2D eigenvalue weighted by Gasteiger charge is -2.20. The van der Waals surface area contributed by atoms with Crippen LogP contribution in [0.15, 0.2) is 36.4 Å². The molecule has 0 aromatic heterocycles. The lowest BCUT2D eigenvalue weighted by Crippen LogP contribution is -2.03. The summed E-state index contributed by atoms with van der Waals surface area (Å²) in [5, 5.41) is 2.33. The first-order valence-electron chi connectivity index (χ1n) is 14.5. The van der Waals surface area contributed by atoms with E-state index in [4.69, 9.17) is 9.47 Å². The molecular formula is C34H48O2. The van der Waals surface area contributed by atoms with Gasteiger partial charge in [0.2, 0.25) is 0 Å². The van der Waals surface area contributed by atoms with Crippen molar-refractivity contribution in [3.63, 3.8) is 0 Å². The quantitative estimate of drug-likeness (QED) is 0.198. The average Bonchev–Trinajstić information content (AvgIpc) is 2.87. The Hall–Kier alpha value is -2.48. The average molecular weight is 489 g/mol. The SMILES string of the molecule is CCCCOc1cc(-c2ccc(C)c(CCCC)c2CCCC)cc2c(OCCCC)cc(C)cc12. The van der Waals surface area contributed by atoms with Crippen LogP contribution < -0.4 is 9.47 Å². The Morgan fingerprint density at radius 2 is 1.14 bits per heavy atom. The van der Waals surface area contributed by atoms with Gasteiger partial charge in [0.05, 0.1) is 13.2 Å². The van der Waals surface area contributed by atoms with Crippen molar-refractivity contribution in [1.82, 2.24) is 0 Å². The third kappa shape index (κ3) is 7.05. The first kappa shape index (κ1) is 28.1. The molecule has 0 aliphatic rings. The normalized spacial score (nSPS) is 11.3. The van der Waals surface area contributed by atoms with Gasteiger partial charge >= 0.3 is 0 Å². The van der Waals surface area contributed by atoms with Gasteiger partial charge in [0.25, 0.3) is 0 Å².